The highest BCUT2D eigenvalue weighted by Gasteiger charge is 2.40. The molecule has 0 radical (unpaired) electrons. The summed E-state index contributed by atoms with van der Waals surface area (Å²) in [6.07, 6.45) is 4.07. The van der Waals surface area contributed by atoms with Crippen molar-refractivity contribution >= 4 is 29.7 Å². The number of carbonyl (C=O) groups is 4. The number of hydrogen-bond acceptors (Lipinski definition) is 5. The van der Waals surface area contributed by atoms with E-state index in [9.17, 15) is 24.4 Å². The molecule has 1 heterocycles. The van der Waals surface area contributed by atoms with E-state index in [-0.39, 0.29) is 23.5 Å². The van der Waals surface area contributed by atoms with Crippen molar-refractivity contribution in [2.24, 2.45) is 17.8 Å². The molecule has 0 unspecified atom stereocenters. The van der Waals surface area contributed by atoms with E-state index in [1.165, 1.54) is 12.1 Å². The molecule has 8 nitrogen and oxygen atoms in total. The molecule has 0 aliphatic carbocycles. The SMILES string of the molecule is CC(C)C[C@@H](C(=O)NN1C(=O)c2ccccc2C1=O)[C@H](C/C=C/c1ccccc1)C(=O)NO. The third kappa shape index (κ3) is 5.53. The summed E-state index contributed by atoms with van der Waals surface area (Å²) in [7, 11) is 0. The lowest BCUT2D eigenvalue weighted by molar-refractivity contribution is -0.141. The van der Waals surface area contributed by atoms with Gasteiger partial charge in [-0.3, -0.25) is 29.8 Å². The maximum absolute atomic E-state index is 13.2. The van der Waals surface area contributed by atoms with Crippen LogP contribution in [0, 0.1) is 17.8 Å². The Kier molecular flexibility index (Phi) is 7.74. The van der Waals surface area contributed by atoms with Crippen LogP contribution in [0.4, 0.5) is 0 Å². The fourth-order valence-corrected chi connectivity index (χ4v) is 3.90. The Labute approximate surface area is 192 Å². The van der Waals surface area contributed by atoms with Gasteiger partial charge in [-0.25, -0.2) is 5.48 Å². The Morgan fingerprint density at radius 3 is 2.03 bits per heavy atom. The Bertz CT molecular complexity index is 1030. The quantitative estimate of drug-likeness (QED) is 0.309. The molecule has 33 heavy (non-hydrogen) atoms. The van der Waals surface area contributed by atoms with Gasteiger partial charge in [0, 0.05) is 0 Å². The van der Waals surface area contributed by atoms with Crippen molar-refractivity contribution in [3.8, 4) is 0 Å². The molecule has 2 atom stereocenters. The molecule has 0 bridgehead atoms. The van der Waals surface area contributed by atoms with Crippen LogP contribution in [0.15, 0.2) is 60.7 Å². The van der Waals surface area contributed by atoms with Crippen LogP contribution in [0.2, 0.25) is 0 Å². The van der Waals surface area contributed by atoms with Gasteiger partial charge in [-0.05, 0) is 36.5 Å². The first-order valence-corrected chi connectivity index (χ1v) is 10.8. The van der Waals surface area contributed by atoms with Crippen molar-refractivity contribution in [3.05, 3.63) is 77.4 Å². The summed E-state index contributed by atoms with van der Waals surface area (Å²) in [6, 6.07) is 15.8. The van der Waals surface area contributed by atoms with Crippen molar-refractivity contribution in [2.75, 3.05) is 0 Å². The summed E-state index contributed by atoms with van der Waals surface area (Å²) < 4.78 is 0. The molecule has 0 spiro atoms. The zero-order valence-corrected chi connectivity index (χ0v) is 18.5. The Balaban J connectivity index is 1.81. The molecule has 0 fully saturated rings. The third-order valence-corrected chi connectivity index (χ3v) is 5.51. The first kappa shape index (κ1) is 23.9. The second kappa shape index (κ2) is 10.7. The monoisotopic (exact) mass is 449 g/mol. The lowest BCUT2D eigenvalue weighted by Gasteiger charge is -2.27. The van der Waals surface area contributed by atoms with E-state index in [0.717, 1.165) is 5.56 Å². The largest absolute Gasteiger partial charge is 0.289 e. The molecule has 0 aromatic heterocycles. The number of amides is 4. The summed E-state index contributed by atoms with van der Waals surface area (Å²) in [4.78, 5) is 51.0. The second-order valence-electron chi connectivity index (χ2n) is 8.33. The van der Waals surface area contributed by atoms with Crippen molar-refractivity contribution in [1.82, 2.24) is 15.9 Å². The summed E-state index contributed by atoms with van der Waals surface area (Å²) in [6.45, 7) is 3.80. The standard InChI is InChI=1S/C25H27N3O5/c1-16(2)15-21(18(23(30)27-33)14-8-11-17-9-4-3-5-10-17)22(29)26-28-24(31)19-12-6-7-13-20(19)25(28)32/h3-13,16,18,21,33H,14-15H2,1-2H3,(H,26,29)(H,27,30)/b11-8+/t18-,21+/m0/s1. The maximum Gasteiger partial charge on any atom is 0.280 e. The average Bonchev–Trinajstić information content (AvgIpc) is 3.05. The molecule has 3 N–H and O–H groups in total. The molecular weight excluding hydrogens is 422 g/mol. The Hall–Kier alpha value is -3.78. The van der Waals surface area contributed by atoms with Gasteiger partial charge in [0.15, 0.2) is 0 Å². The third-order valence-electron chi connectivity index (χ3n) is 5.51. The van der Waals surface area contributed by atoms with Crippen molar-refractivity contribution in [1.29, 1.82) is 0 Å². The van der Waals surface area contributed by atoms with Crippen LogP contribution < -0.4 is 10.9 Å². The highest BCUT2D eigenvalue weighted by Crippen LogP contribution is 2.27. The van der Waals surface area contributed by atoms with E-state index in [4.69, 9.17) is 0 Å². The maximum atomic E-state index is 13.2. The topological polar surface area (TPSA) is 116 Å². The highest BCUT2D eigenvalue weighted by molar-refractivity contribution is 6.21. The molecule has 3 rings (SSSR count). The Morgan fingerprint density at radius 2 is 1.48 bits per heavy atom. The first-order valence-electron chi connectivity index (χ1n) is 10.8. The van der Waals surface area contributed by atoms with Crippen LogP contribution in [0.1, 0.15) is 53.0 Å². The van der Waals surface area contributed by atoms with Gasteiger partial charge in [-0.2, -0.15) is 5.01 Å². The minimum absolute atomic E-state index is 0.0371. The van der Waals surface area contributed by atoms with Crippen molar-refractivity contribution in [2.45, 2.75) is 26.7 Å². The predicted molar refractivity (Wildman–Crippen MR) is 122 cm³/mol. The molecule has 4 amide bonds. The molecule has 2 aromatic carbocycles. The van der Waals surface area contributed by atoms with Gasteiger partial charge >= 0.3 is 0 Å². The van der Waals surface area contributed by atoms with Crippen LogP contribution in [0.5, 0.6) is 0 Å². The number of imide groups is 1. The average molecular weight is 450 g/mol. The molecule has 0 saturated carbocycles. The fraction of sp³-hybridized carbons (Fsp3) is 0.280. The number of hydrogen-bond donors (Lipinski definition) is 3. The van der Waals surface area contributed by atoms with Crippen LogP contribution >= 0.6 is 0 Å². The van der Waals surface area contributed by atoms with Crippen LogP contribution in [-0.4, -0.2) is 33.8 Å². The molecule has 1 aliphatic rings. The number of nitrogens with zero attached hydrogens (tertiary/aromatic N) is 1. The van der Waals surface area contributed by atoms with Crippen LogP contribution in [0.3, 0.4) is 0 Å². The normalized spacial score (nSPS) is 15.0. The van der Waals surface area contributed by atoms with Gasteiger partial charge in [0.25, 0.3) is 11.8 Å². The van der Waals surface area contributed by atoms with E-state index in [1.807, 2.05) is 50.3 Å². The molecular formula is C25H27N3O5. The number of hydrazine groups is 1. The highest BCUT2D eigenvalue weighted by atomic mass is 16.5. The fourth-order valence-electron chi connectivity index (χ4n) is 3.90. The number of benzene rings is 2. The number of nitrogens with one attached hydrogen (secondary N) is 2. The minimum Gasteiger partial charge on any atom is -0.289 e. The van der Waals surface area contributed by atoms with E-state index in [0.29, 0.717) is 11.4 Å². The van der Waals surface area contributed by atoms with Crippen LogP contribution in [-0.2, 0) is 9.59 Å². The number of rotatable bonds is 9. The van der Waals surface area contributed by atoms with Gasteiger partial charge < -0.3 is 0 Å². The first-order chi connectivity index (χ1) is 15.8. The summed E-state index contributed by atoms with van der Waals surface area (Å²) >= 11 is 0. The van der Waals surface area contributed by atoms with Crippen molar-refractivity contribution < 1.29 is 24.4 Å². The second-order valence-corrected chi connectivity index (χ2v) is 8.33. The van der Waals surface area contributed by atoms with Crippen molar-refractivity contribution in [3.63, 3.8) is 0 Å². The van der Waals surface area contributed by atoms with Gasteiger partial charge in [0.2, 0.25) is 11.8 Å². The van der Waals surface area contributed by atoms with Crippen LogP contribution in [0.25, 0.3) is 6.08 Å². The zero-order valence-electron chi connectivity index (χ0n) is 18.5. The summed E-state index contributed by atoms with van der Waals surface area (Å²) in [5.74, 6) is -4.36. The van der Waals surface area contributed by atoms with Gasteiger partial charge in [-0.1, -0.05) is 68.5 Å². The Morgan fingerprint density at radius 1 is 0.909 bits per heavy atom. The molecule has 0 saturated heterocycles. The number of allylic oxidation sites excluding steroid dienone is 1. The van der Waals surface area contributed by atoms with E-state index < -0.39 is 35.5 Å². The molecule has 2 aromatic rings. The number of hydroxylamine groups is 1. The molecule has 8 heteroatoms. The lowest BCUT2D eigenvalue weighted by Crippen LogP contribution is -2.51. The zero-order chi connectivity index (χ0) is 24.0. The number of fused-ring (bicyclic) bond motifs is 1. The lowest BCUT2D eigenvalue weighted by atomic mass is 9.82. The summed E-state index contributed by atoms with van der Waals surface area (Å²) in [5, 5.41) is 9.99. The smallest absolute Gasteiger partial charge is 0.280 e. The van der Waals surface area contributed by atoms with Gasteiger partial charge in [0.1, 0.15) is 0 Å². The predicted octanol–water partition coefficient (Wildman–Crippen LogP) is 3.20. The van der Waals surface area contributed by atoms with E-state index in [2.05, 4.69) is 5.43 Å². The van der Waals surface area contributed by atoms with E-state index in [1.54, 1.807) is 23.7 Å². The van der Waals surface area contributed by atoms with E-state index >= 15 is 0 Å². The van der Waals surface area contributed by atoms with Gasteiger partial charge in [0.05, 0.1) is 23.0 Å². The molecule has 172 valence electrons. The molecule has 1 aliphatic heterocycles. The minimum atomic E-state index is -0.910. The number of carbonyl (C=O) groups excluding carboxylic acids is 4. The summed E-state index contributed by atoms with van der Waals surface area (Å²) in [5.41, 5.74) is 5.40. The van der Waals surface area contributed by atoms with Gasteiger partial charge in [-0.15, -0.1) is 0 Å².